The van der Waals surface area contributed by atoms with Gasteiger partial charge in [0.1, 0.15) is 5.75 Å². The SMILES string of the molecule is COCCn1c(=NC(=O)c2ccc(C)c([N+](=O)[O-])c2)sc2cc(OC)ccc21. The molecule has 0 atom stereocenters. The summed E-state index contributed by atoms with van der Waals surface area (Å²) in [5.41, 5.74) is 1.47. The molecule has 1 heterocycles. The number of amides is 1. The van der Waals surface area contributed by atoms with Crippen LogP contribution < -0.4 is 9.54 Å². The van der Waals surface area contributed by atoms with Crippen LogP contribution in [0.15, 0.2) is 41.4 Å². The third kappa shape index (κ3) is 3.95. The van der Waals surface area contributed by atoms with Gasteiger partial charge in [0.2, 0.25) is 0 Å². The van der Waals surface area contributed by atoms with E-state index < -0.39 is 10.8 Å². The van der Waals surface area contributed by atoms with Crippen LogP contribution in [-0.4, -0.2) is 36.2 Å². The minimum absolute atomic E-state index is 0.102. The molecular weight excluding hydrogens is 382 g/mol. The number of fused-ring (bicyclic) bond motifs is 1. The summed E-state index contributed by atoms with van der Waals surface area (Å²) in [6, 6.07) is 9.98. The number of carbonyl (C=O) groups excluding carboxylic acids is 1. The Kier molecular flexibility index (Phi) is 5.86. The first-order valence-electron chi connectivity index (χ1n) is 8.45. The number of aryl methyl sites for hydroxylation is 1. The minimum atomic E-state index is -0.534. The first kappa shape index (κ1) is 19.7. The van der Waals surface area contributed by atoms with Gasteiger partial charge in [0.15, 0.2) is 4.80 Å². The Balaban J connectivity index is 2.10. The molecule has 146 valence electrons. The second-order valence-corrected chi connectivity index (χ2v) is 7.05. The third-order valence-corrected chi connectivity index (χ3v) is 5.30. The van der Waals surface area contributed by atoms with Crippen LogP contribution in [0.1, 0.15) is 15.9 Å². The summed E-state index contributed by atoms with van der Waals surface area (Å²) in [6.45, 7) is 2.60. The molecule has 0 bridgehead atoms. The number of rotatable bonds is 6. The van der Waals surface area contributed by atoms with E-state index in [-0.39, 0.29) is 11.3 Å². The summed E-state index contributed by atoms with van der Waals surface area (Å²) < 4.78 is 13.2. The van der Waals surface area contributed by atoms with Gasteiger partial charge in [-0.1, -0.05) is 17.4 Å². The maximum Gasteiger partial charge on any atom is 0.279 e. The highest BCUT2D eigenvalue weighted by Gasteiger charge is 2.15. The number of hydrogen-bond donors (Lipinski definition) is 0. The lowest BCUT2D eigenvalue weighted by Gasteiger charge is -2.05. The molecule has 0 N–H and O–H groups in total. The molecule has 3 aromatic rings. The van der Waals surface area contributed by atoms with Gasteiger partial charge >= 0.3 is 0 Å². The number of nitrogens with zero attached hydrogens (tertiary/aromatic N) is 3. The van der Waals surface area contributed by atoms with Gasteiger partial charge in [-0.15, -0.1) is 0 Å². The maximum atomic E-state index is 12.7. The smallest absolute Gasteiger partial charge is 0.279 e. The number of thiazole rings is 1. The molecule has 9 heteroatoms. The van der Waals surface area contributed by atoms with Crippen LogP contribution in [0.2, 0.25) is 0 Å². The summed E-state index contributed by atoms with van der Waals surface area (Å²) in [7, 11) is 3.19. The quantitative estimate of drug-likeness (QED) is 0.466. The van der Waals surface area contributed by atoms with E-state index in [4.69, 9.17) is 9.47 Å². The Morgan fingerprint density at radius 2 is 2.04 bits per heavy atom. The van der Waals surface area contributed by atoms with Crippen molar-refractivity contribution in [1.29, 1.82) is 0 Å². The number of nitro benzene ring substituents is 1. The van der Waals surface area contributed by atoms with Crippen LogP contribution in [0.3, 0.4) is 0 Å². The van der Waals surface area contributed by atoms with Crippen LogP contribution in [-0.2, 0) is 11.3 Å². The van der Waals surface area contributed by atoms with Crippen molar-refractivity contribution in [3.8, 4) is 5.75 Å². The highest BCUT2D eigenvalue weighted by molar-refractivity contribution is 7.16. The predicted molar refractivity (Wildman–Crippen MR) is 106 cm³/mol. The first-order valence-corrected chi connectivity index (χ1v) is 9.26. The zero-order chi connectivity index (χ0) is 20.3. The summed E-state index contributed by atoms with van der Waals surface area (Å²) in [4.78, 5) is 28.0. The van der Waals surface area contributed by atoms with Crippen LogP contribution in [0.5, 0.6) is 5.75 Å². The lowest BCUT2D eigenvalue weighted by atomic mass is 10.1. The van der Waals surface area contributed by atoms with Crippen LogP contribution in [0.4, 0.5) is 5.69 Å². The van der Waals surface area contributed by atoms with Crippen molar-refractivity contribution >= 4 is 33.1 Å². The number of methoxy groups -OCH3 is 2. The van der Waals surface area contributed by atoms with Crippen molar-refractivity contribution in [3.63, 3.8) is 0 Å². The van der Waals surface area contributed by atoms with Crippen molar-refractivity contribution in [2.45, 2.75) is 13.5 Å². The van der Waals surface area contributed by atoms with Gasteiger partial charge < -0.3 is 14.0 Å². The summed E-state index contributed by atoms with van der Waals surface area (Å²) in [5, 5.41) is 11.1. The molecule has 28 heavy (non-hydrogen) atoms. The molecule has 0 unspecified atom stereocenters. The predicted octanol–water partition coefficient (Wildman–Crippen LogP) is 3.32. The van der Waals surface area contributed by atoms with Gasteiger partial charge in [-0.05, 0) is 31.2 Å². The second kappa shape index (κ2) is 8.32. The second-order valence-electron chi connectivity index (χ2n) is 6.04. The summed E-state index contributed by atoms with van der Waals surface area (Å²) in [6.07, 6.45) is 0. The molecule has 0 radical (unpaired) electrons. The van der Waals surface area contributed by atoms with Gasteiger partial charge in [0.05, 0.1) is 28.9 Å². The molecule has 0 spiro atoms. The molecule has 3 rings (SSSR count). The molecular formula is C19H19N3O5S. The maximum absolute atomic E-state index is 12.7. The van der Waals surface area contributed by atoms with E-state index >= 15 is 0 Å². The average Bonchev–Trinajstić information content (AvgIpc) is 3.02. The molecule has 8 nitrogen and oxygen atoms in total. The lowest BCUT2D eigenvalue weighted by Crippen LogP contribution is -2.19. The number of hydrogen-bond acceptors (Lipinski definition) is 6. The number of nitro groups is 1. The Morgan fingerprint density at radius 3 is 2.71 bits per heavy atom. The van der Waals surface area contributed by atoms with Gasteiger partial charge in [-0.3, -0.25) is 14.9 Å². The van der Waals surface area contributed by atoms with E-state index in [9.17, 15) is 14.9 Å². The van der Waals surface area contributed by atoms with E-state index in [1.54, 1.807) is 33.3 Å². The van der Waals surface area contributed by atoms with Crippen LogP contribution in [0.25, 0.3) is 10.2 Å². The number of carbonyl (C=O) groups is 1. The normalized spacial score (nSPS) is 11.8. The Morgan fingerprint density at radius 1 is 1.25 bits per heavy atom. The molecule has 0 fully saturated rings. The van der Waals surface area contributed by atoms with Gasteiger partial charge in [0, 0.05) is 30.8 Å². The molecule has 0 aliphatic rings. The van der Waals surface area contributed by atoms with Crippen molar-refractivity contribution in [2.24, 2.45) is 4.99 Å². The number of benzene rings is 2. The van der Waals surface area contributed by atoms with Crippen LogP contribution in [0, 0.1) is 17.0 Å². The van der Waals surface area contributed by atoms with E-state index in [1.165, 1.54) is 17.4 Å². The van der Waals surface area contributed by atoms with Gasteiger partial charge in [0.25, 0.3) is 11.6 Å². The largest absolute Gasteiger partial charge is 0.497 e. The van der Waals surface area contributed by atoms with E-state index in [0.29, 0.717) is 29.3 Å². The highest BCUT2D eigenvalue weighted by Crippen LogP contribution is 2.24. The molecule has 2 aromatic carbocycles. The van der Waals surface area contributed by atoms with Crippen molar-refractivity contribution in [1.82, 2.24) is 4.57 Å². The fourth-order valence-electron chi connectivity index (χ4n) is 2.76. The fraction of sp³-hybridized carbons (Fsp3) is 0.263. The molecule has 0 saturated carbocycles. The lowest BCUT2D eigenvalue weighted by molar-refractivity contribution is -0.385. The molecule has 0 aliphatic carbocycles. The minimum Gasteiger partial charge on any atom is -0.497 e. The Bertz CT molecular complexity index is 1120. The van der Waals surface area contributed by atoms with Crippen molar-refractivity contribution in [3.05, 3.63) is 62.4 Å². The van der Waals surface area contributed by atoms with Gasteiger partial charge in [-0.2, -0.15) is 4.99 Å². The van der Waals surface area contributed by atoms with E-state index in [2.05, 4.69) is 4.99 Å². The molecule has 1 amide bonds. The third-order valence-electron chi connectivity index (χ3n) is 4.26. The standard InChI is InChI=1S/C19H19N3O5S/c1-12-4-5-13(10-16(12)22(24)25)18(23)20-19-21(8-9-26-2)15-7-6-14(27-3)11-17(15)28-19/h4-7,10-11H,8-9H2,1-3H3. The Labute approximate surface area is 164 Å². The van der Waals surface area contributed by atoms with Crippen LogP contribution >= 0.6 is 11.3 Å². The molecule has 1 aromatic heterocycles. The zero-order valence-electron chi connectivity index (χ0n) is 15.7. The van der Waals surface area contributed by atoms with Crippen molar-refractivity contribution < 1.29 is 19.2 Å². The highest BCUT2D eigenvalue weighted by atomic mass is 32.1. The van der Waals surface area contributed by atoms with E-state index in [1.807, 2.05) is 22.8 Å². The first-order chi connectivity index (χ1) is 13.4. The van der Waals surface area contributed by atoms with Crippen molar-refractivity contribution in [2.75, 3.05) is 20.8 Å². The molecule has 0 saturated heterocycles. The zero-order valence-corrected chi connectivity index (χ0v) is 16.5. The number of ether oxygens (including phenoxy) is 2. The number of aromatic nitrogens is 1. The topological polar surface area (TPSA) is 96.0 Å². The summed E-state index contributed by atoms with van der Waals surface area (Å²) >= 11 is 1.35. The molecule has 0 aliphatic heterocycles. The average molecular weight is 401 g/mol. The Hall–Kier alpha value is -3.04. The van der Waals surface area contributed by atoms with E-state index in [0.717, 1.165) is 10.2 Å². The van der Waals surface area contributed by atoms with Gasteiger partial charge in [-0.25, -0.2) is 0 Å². The monoisotopic (exact) mass is 401 g/mol. The summed E-state index contributed by atoms with van der Waals surface area (Å²) in [5.74, 6) is 0.174. The fourth-order valence-corrected chi connectivity index (χ4v) is 3.84.